The summed E-state index contributed by atoms with van der Waals surface area (Å²) in [5.74, 6) is -0.539. The van der Waals surface area contributed by atoms with Crippen LogP contribution >= 0.6 is 0 Å². The Morgan fingerprint density at radius 3 is 1.88 bits per heavy atom. The van der Waals surface area contributed by atoms with Gasteiger partial charge < -0.3 is 20.1 Å². The number of aliphatic hydroxyl groups is 3. The summed E-state index contributed by atoms with van der Waals surface area (Å²) >= 11 is 0. The van der Waals surface area contributed by atoms with Gasteiger partial charge in [-0.2, -0.15) is 0 Å². The molecule has 0 saturated heterocycles. The van der Waals surface area contributed by atoms with Gasteiger partial charge in [0.25, 0.3) is 0 Å². The van der Waals surface area contributed by atoms with E-state index in [0.29, 0.717) is 6.42 Å². The molecule has 0 fully saturated rings. The number of aliphatic hydroxyl groups excluding tert-OH is 3. The topological polar surface area (TPSA) is 87.0 Å². The Hall–Kier alpha value is -0.910. The minimum absolute atomic E-state index is 0.230. The summed E-state index contributed by atoms with van der Waals surface area (Å²) in [5.41, 5.74) is 0. The molecular weight excluding hydrogens is 332 g/mol. The smallest absolute Gasteiger partial charge is 0.308 e. The molecule has 5 nitrogen and oxygen atoms in total. The fraction of sp³-hybridized carbons (Fsp3) is 0.857. The van der Waals surface area contributed by atoms with Gasteiger partial charge in [0.15, 0.2) is 0 Å². The lowest BCUT2D eigenvalue weighted by Crippen LogP contribution is -2.33. The predicted octanol–water partition coefficient (Wildman–Crippen LogP) is 4.24. The first kappa shape index (κ1) is 25.1. The maximum atomic E-state index is 11.4. The minimum Gasteiger partial charge on any atom is -0.433 e. The summed E-state index contributed by atoms with van der Waals surface area (Å²) in [6.45, 7) is 1.61. The molecule has 0 aliphatic carbocycles. The minimum atomic E-state index is -1.64. The zero-order valence-corrected chi connectivity index (χ0v) is 16.6. The summed E-state index contributed by atoms with van der Waals surface area (Å²) < 4.78 is 4.62. The average molecular weight is 373 g/mol. The van der Waals surface area contributed by atoms with Gasteiger partial charge in [0.1, 0.15) is 6.10 Å². The van der Waals surface area contributed by atoms with Crippen LogP contribution < -0.4 is 0 Å². The van der Waals surface area contributed by atoms with Gasteiger partial charge in [0.2, 0.25) is 6.29 Å². The Kier molecular flexibility index (Phi) is 18.2. The lowest BCUT2D eigenvalue weighted by Gasteiger charge is -2.15. The number of hydrogen-bond donors (Lipinski definition) is 3. The monoisotopic (exact) mass is 372 g/mol. The molecule has 0 rings (SSSR count). The third-order valence-corrected chi connectivity index (χ3v) is 4.41. The molecule has 0 spiro atoms. The lowest BCUT2D eigenvalue weighted by molar-refractivity contribution is -0.190. The van der Waals surface area contributed by atoms with Crippen LogP contribution in [0.25, 0.3) is 0 Å². The normalized spacial score (nSPS) is 13.8. The summed E-state index contributed by atoms with van der Waals surface area (Å²) in [6, 6.07) is 0. The highest BCUT2D eigenvalue weighted by molar-refractivity contribution is 5.69. The first-order valence-electron chi connectivity index (χ1n) is 10.4. The van der Waals surface area contributed by atoms with E-state index in [1.54, 1.807) is 0 Å². The molecule has 0 radical (unpaired) electrons. The van der Waals surface area contributed by atoms with E-state index >= 15 is 0 Å². The van der Waals surface area contributed by atoms with Crippen LogP contribution in [0.2, 0.25) is 0 Å². The van der Waals surface area contributed by atoms with Crippen molar-refractivity contribution in [2.45, 2.75) is 109 Å². The van der Waals surface area contributed by atoms with E-state index in [-0.39, 0.29) is 6.42 Å². The Morgan fingerprint density at radius 1 is 0.846 bits per heavy atom. The Labute approximate surface area is 159 Å². The fourth-order valence-corrected chi connectivity index (χ4v) is 2.70. The maximum Gasteiger partial charge on any atom is 0.308 e. The molecule has 26 heavy (non-hydrogen) atoms. The molecule has 2 atom stereocenters. The van der Waals surface area contributed by atoms with Crippen LogP contribution in [-0.2, 0) is 9.53 Å². The van der Waals surface area contributed by atoms with Gasteiger partial charge in [-0.05, 0) is 32.1 Å². The molecule has 3 N–H and O–H groups in total. The van der Waals surface area contributed by atoms with Crippen molar-refractivity contribution in [3.63, 3.8) is 0 Å². The summed E-state index contributed by atoms with van der Waals surface area (Å²) in [7, 11) is 0. The first-order chi connectivity index (χ1) is 12.6. The molecule has 0 aliphatic rings. The maximum absolute atomic E-state index is 11.4. The highest BCUT2D eigenvalue weighted by atomic mass is 16.6. The summed E-state index contributed by atoms with van der Waals surface area (Å²) in [6.07, 6.45) is 17.2. The highest BCUT2D eigenvalue weighted by Gasteiger charge is 2.19. The van der Waals surface area contributed by atoms with E-state index in [2.05, 4.69) is 23.8 Å². The predicted molar refractivity (Wildman–Crippen MR) is 105 cm³/mol. The Balaban J connectivity index is 3.33. The van der Waals surface area contributed by atoms with Crippen LogP contribution in [0.5, 0.6) is 0 Å². The van der Waals surface area contributed by atoms with E-state index in [9.17, 15) is 9.90 Å². The molecule has 0 aromatic rings. The van der Waals surface area contributed by atoms with Gasteiger partial charge in [0, 0.05) is 6.42 Å². The number of hydrogen-bond acceptors (Lipinski definition) is 5. The second kappa shape index (κ2) is 18.9. The second-order valence-corrected chi connectivity index (χ2v) is 6.96. The molecule has 0 heterocycles. The molecule has 0 amide bonds. The summed E-state index contributed by atoms with van der Waals surface area (Å²) in [4.78, 5) is 11.4. The zero-order chi connectivity index (χ0) is 19.5. The molecule has 0 bridgehead atoms. The fourth-order valence-electron chi connectivity index (χ4n) is 2.70. The third-order valence-electron chi connectivity index (χ3n) is 4.41. The number of carbonyl (C=O) groups is 1. The van der Waals surface area contributed by atoms with Crippen molar-refractivity contribution >= 4 is 5.97 Å². The number of rotatable bonds is 18. The van der Waals surface area contributed by atoms with E-state index in [0.717, 1.165) is 25.7 Å². The molecule has 0 aromatic carbocycles. The SMILES string of the molecule is CCCCCCCC/C=C/CCCCCCCC(=O)OC(O)C(O)CO. The highest BCUT2D eigenvalue weighted by Crippen LogP contribution is 2.10. The Morgan fingerprint density at radius 2 is 1.35 bits per heavy atom. The van der Waals surface area contributed by atoms with Gasteiger partial charge >= 0.3 is 5.97 Å². The lowest BCUT2D eigenvalue weighted by atomic mass is 10.1. The van der Waals surface area contributed by atoms with Crippen LogP contribution in [0.3, 0.4) is 0 Å². The number of carbonyl (C=O) groups excluding carboxylic acids is 1. The van der Waals surface area contributed by atoms with Gasteiger partial charge in [-0.1, -0.05) is 70.4 Å². The van der Waals surface area contributed by atoms with Gasteiger partial charge in [-0.3, -0.25) is 4.79 Å². The van der Waals surface area contributed by atoms with Crippen molar-refractivity contribution in [2.24, 2.45) is 0 Å². The molecule has 2 unspecified atom stereocenters. The molecule has 154 valence electrons. The molecule has 0 aromatic heterocycles. The van der Waals surface area contributed by atoms with Crippen LogP contribution in [0.4, 0.5) is 0 Å². The van der Waals surface area contributed by atoms with E-state index in [1.807, 2.05) is 0 Å². The number of unbranched alkanes of at least 4 members (excludes halogenated alkanes) is 11. The number of ether oxygens (including phenoxy) is 1. The van der Waals surface area contributed by atoms with Crippen LogP contribution in [0.15, 0.2) is 12.2 Å². The number of esters is 1. The largest absolute Gasteiger partial charge is 0.433 e. The average Bonchev–Trinajstić information content (AvgIpc) is 2.64. The van der Waals surface area contributed by atoms with Crippen LogP contribution in [0.1, 0.15) is 96.8 Å². The van der Waals surface area contributed by atoms with E-state index in [4.69, 9.17) is 10.2 Å². The van der Waals surface area contributed by atoms with Gasteiger partial charge in [-0.25, -0.2) is 0 Å². The van der Waals surface area contributed by atoms with Crippen molar-refractivity contribution in [3.05, 3.63) is 12.2 Å². The quantitative estimate of drug-likeness (QED) is 0.145. The van der Waals surface area contributed by atoms with Crippen molar-refractivity contribution < 1.29 is 24.9 Å². The van der Waals surface area contributed by atoms with Crippen molar-refractivity contribution in [2.75, 3.05) is 6.61 Å². The standard InChI is InChI=1S/C21H40O5/c1-2-3-4-5-6-7-8-9-10-11-12-13-14-15-16-17-20(24)26-21(25)19(23)18-22/h9-10,19,21-23,25H,2-8,11-18H2,1H3/b10-9+. The second-order valence-electron chi connectivity index (χ2n) is 6.96. The molecular formula is C21H40O5. The Bertz CT molecular complexity index is 343. The molecule has 0 saturated carbocycles. The van der Waals surface area contributed by atoms with E-state index < -0.39 is 25.0 Å². The molecule has 0 aliphatic heterocycles. The third kappa shape index (κ3) is 16.6. The number of allylic oxidation sites excluding steroid dienone is 2. The van der Waals surface area contributed by atoms with Crippen LogP contribution in [0, 0.1) is 0 Å². The zero-order valence-electron chi connectivity index (χ0n) is 16.6. The van der Waals surface area contributed by atoms with Crippen LogP contribution in [-0.4, -0.2) is 40.3 Å². The van der Waals surface area contributed by atoms with E-state index in [1.165, 1.54) is 51.4 Å². The van der Waals surface area contributed by atoms with Crippen molar-refractivity contribution in [1.29, 1.82) is 0 Å². The van der Waals surface area contributed by atoms with Crippen molar-refractivity contribution in [1.82, 2.24) is 0 Å². The molecule has 5 heteroatoms. The first-order valence-corrected chi connectivity index (χ1v) is 10.4. The van der Waals surface area contributed by atoms with Crippen molar-refractivity contribution in [3.8, 4) is 0 Å². The van der Waals surface area contributed by atoms with Gasteiger partial charge in [0.05, 0.1) is 6.61 Å². The summed E-state index contributed by atoms with van der Waals surface area (Å²) in [5, 5.41) is 27.0. The van der Waals surface area contributed by atoms with Gasteiger partial charge in [-0.15, -0.1) is 0 Å².